The first kappa shape index (κ1) is 17.9. The zero-order valence-corrected chi connectivity index (χ0v) is 13.3. The number of hydrogen-bond donors (Lipinski definition) is 2. The molecule has 1 rings (SSSR count). The van der Waals surface area contributed by atoms with E-state index >= 15 is 0 Å². The summed E-state index contributed by atoms with van der Waals surface area (Å²) < 4.78 is 0. The van der Waals surface area contributed by atoms with Crippen molar-refractivity contribution in [3.05, 3.63) is 48.0 Å². The van der Waals surface area contributed by atoms with Crippen molar-refractivity contribution >= 4 is 0 Å². The Morgan fingerprint density at radius 3 is 2.29 bits per heavy atom. The summed E-state index contributed by atoms with van der Waals surface area (Å²) in [6, 6.07) is 7.91. The smallest absolute Gasteiger partial charge is 0.0969 e. The normalized spacial score (nSPS) is 13.9. The summed E-state index contributed by atoms with van der Waals surface area (Å²) in [5.74, 6) is 0. The van der Waals surface area contributed by atoms with Gasteiger partial charge in [-0.1, -0.05) is 69.4 Å². The number of benzene rings is 1. The first-order chi connectivity index (χ1) is 10.2. The zero-order chi connectivity index (χ0) is 15.5. The third-order valence-corrected chi connectivity index (χ3v) is 3.95. The molecular formula is C19H30O2. The number of rotatable bonds is 11. The summed E-state index contributed by atoms with van der Waals surface area (Å²) in [5.41, 5.74) is 2.07. The molecular weight excluding hydrogens is 260 g/mol. The largest absolute Gasteiger partial charge is 0.393 e. The third-order valence-electron chi connectivity index (χ3n) is 3.95. The molecule has 118 valence electrons. The molecule has 2 N–H and O–H groups in total. The molecule has 0 bridgehead atoms. The minimum atomic E-state index is -0.590. The maximum Gasteiger partial charge on any atom is 0.0969 e. The molecule has 0 aliphatic rings. The van der Waals surface area contributed by atoms with Gasteiger partial charge in [-0.3, -0.25) is 0 Å². The van der Waals surface area contributed by atoms with E-state index in [1.165, 1.54) is 37.3 Å². The van der Waals surface area contributed by atoms with E-state index in [4.69, 9.17) is 0 Å². The molecule has 0 heterocycles. The molecule has 0 aliphatic carbocycles. The molecule has 2 heteroatoms. The average Bonchev–Trinajstić information content (AvgIpc) is 2.52. The highest BCUT2D eigenvalue weighted by Crippen LogP contribution is 2.16. The first-order valence-corrected chi connectivity index (χ1v) is 8.25. The minimum absolute atomic E-state index is 0.190. The summed E-state index contributed by atoms with van der Waals surface area (Å²) in [4.78, 5) is 0. The van der Waals surface area contributed by atoms with Crippen molar-refractivity contribution in [3.8, 4) is 0 Å². The van der Waals surface area contributed by atoms with Crippen molar-refractivity contribution in [2.24, 2.45) is 0 Å². The molecule has 2 atom stereocenters. The molecule has 0 fully saturated rings. The SMILES string of the molecule is C=CC(O)c1ccc(CCC(O)CCCCCCC)cc1. The van der Waals surface area contributed by atoms with Crippen molar-refractivity contribution in [1.82, 2.24) is 0 Å². The third kappa shape index (κ3) is 7.45. The number of hydrogen-bond acceptors (Lipinski definition) is 2. The van der Waals surface area contributed by atoms with Gasteiger partial charge in [0, 0.05) is 0 Å². The summed E-state index contributed by atoms with van der Waals surface area (Å²) in [6.45, 7) is 5.80. The molecule has 0 aromatic heterocycles. The Morgan fingerprint density at radius 1 is 1.00 bits per heavy atom. The minimum Gasteiger partial charge on any atom is -0.393 e. The van der Waals surface area contributed by atoms with Crippen LogP contribution in [0, 0.1) is 0 Å². The highest BCUT2D eigenvalue weighted by molar-refractivity contribution is 5.26. The van der Waals surface area contributed by atoms with Crippen LogP contribution in [0.15, 0.2) is 36.9 Å². The van der Waals surface area contributed by atoms with Crippen LogP contribution in [0.3, 0.4) is 0 Å². The predicted octanol–water partition coefficient (Wildman–Crippen LogP) is 4.56. The lowest BCUT2D eigenvalue weighted by atomic mass is 10.0. The van der Waals surface area contributed by atoms with Crippen molar-refractivity contribution in [2.45, 2.75) is 70.5 Å². The fraction of sp³-hybridized carbons (Fsp3) is 0.579. The molecule has 0 radical (unpaired) electrons. The number of unbranched alkanes of at least 4 members (excludes halogenated alkanes) is 4. The molecule has 1 aromatic rings. The van der Waals surface area contributed by atoms with Crippen molar-refractivity contribution < 1.29 is 10.2 Å². The molecule has 0 spiro atoms. The van der Waals surface area contributed by atoms with Gasteiger partial charge in [0.15, 0.2) is 0 Å². The van der Waals surface area contributed by atoms with E-state index in [2.05, 4.69) is 13.5 Å². The van der Waals surface area contributed by atoms with Crippen molar-refractivity contribution in [3.63, 3.8) is 0 Å². The molecule has 0 amide bonds. The second kappa shape index (κ2) is 10.6. The Hall–Kier alpha value is -1.12. The van der Waals surface area contributed by atoms with E-state index < -0.39 is 6.10 Å². The Morgan fingerprint density at radius 2 is 1.67 bits per heavy atom. The average molecular weight is 290 g/mol. The monoisotopic (exact) mass is 290 g/mol. The van der Waals surface area contributed by atoms with E-state index in [0.29, 0.717) is 0 Å². The lowest BCUT2D eigenvalue weighted by Gasteiger charge is -2.11. The van der Waals surface area contributed by atoms with Crippen molar-refractivity contribution in [2.75, 3.05) is 0 Å². The van der Waals surface area contributed by atoms with Gasteiger partial charge < -0.3 is 10.2 Å². The maximum absolute atomic E-state index is 9.99. The highest BCUT2D eigenvalue weighted by atomic mass is 16.3. The molecule has 1 aromatic carbocycles. The predicted molar refractivity (Wildman–Crippen MR) is 89.3 cm³/mol. The molecule has 2 unspecified atom stereocenters. The van der Waals surface area contributed by atoms with E-state index in [1.807, 2.05) is 24.3 Å². The van der Waals surface area contributed by atoms with Crippen LogP contribution < -0.4 is 0 Å². The van der Waals surface area contributed by atoms with E-state index in [9.17, 15) is 10.2 Å². The molecule has 21 heavy (non-hydrogen) atoms. The van der Waals surface area contributed by atoms with Crippen LogP contribution in [-0.4, -0.2) is 16.3 Å². The van der Waals surface area contributed by atoms with Gasteiger partial charge in [-0.2, -0.15) is 0 Å². The maximum atomic E-state index is 9.99. The summed E-state index contributed by atoms with van der Waals surface area (Å²) in [5, 5.41) is 19.6. The summed E-state index contributed by atoms with van der Waals surface area (Å²) in [6.07, 6.45) is 9.59. The fourth-order valence-corrected chi connectivity index (χ4v) is 2.48. The lowest BCUT2D eigenvalue weighted by Crippen LogP contribution is -2.07. The van der Waals surface area contributed by atoms with Gasteiger partial charge in [0.2, 0.25) is 0 Å². The number of aryl methyl sites for hydroxylation is 1. The van der Waals surface area contributed by atoms with Crippen LogP contribution in [0.2, 0.25) is 0 Å². The molecule has 0 saturated heterocycles. The quantitative estimate of drug-likeness (QED) is 0.463. The van der Waals surface area contributed by atoms with Crippen LogP contribution in [-0.2, 0) is 6.42 Å². The van der Waals surface area contributed by atoms with Crippen LogP contribution in [0.5, 0.6) is 0 Å². The molecule has 0 saturated carbocycles. The van der Waals surface area contributed by atoms with Gasteiger partial charge in [-0.05, 0) is 30.4 Å². The topological polar surface area (TPSA) is 40.5 Å². The van der Waals surface area contributed by atoms with Crippen LogP contribution >= 0.6 is 0 Å². The summed E-state index contributed by atoms with van der Waals surface area (Å²) >= 11 is 0. The van der Waals surface area contributed by atoms with Crippen molar-refractivity contribution in [1.29, 1.82) is 0 Å². The van der Waals surface area contributed by atoms with Crippen LogP contribution in [0.4, 0.5) is 0 Å². The van der Waals surface area contributed by atoms with Crippen LogP contribution in [0.25, 0.3) is 0 Å². The van der Waals surface area contributed by atoms with E-state index in [0.717, 1.165) is 31.2 Å². The van der Waals surface area contributed by atoms with Gasteiger partial charge >= 0.3 is 0 Å². The van der Waals surface area contributed by atoms with Gasteiger partial charge in [0.1, 0.15) is 0 Å². The highest BCUT2D eigenvalue weighted by Gasteiger charge is 2.06. The Kier molecular flexibility index (Phi) is 9.04. The summed E-state index contributed by atoms with van der Waals surface area (Å²) in [7, 11) is 0. The van der Waals surface area contributed by atoms with E-state index in [-0.39, 0.29) is 6.10 Å². The van der Waals surface area contributed by atoms with E-state index in [1.54, 1.807) is 0 Å². The number of aliphatic hydroxyl groups excluding tert-OH is 2. The second-order valence-corrected chi connectivity index (χ2v) is 5.82. The standard InChI is InChI=1S/C19H30O2/c1-3-5-6-7-8-9-18(20)15-12-16-10-13-17(14-11-16)19(21)4-2/h4,10-11,13-14,18-21H,2-3,5-9,12,15H2,1H3. The van der Waals surface area contributed by atoms with Gasteiger partial charge in [-0.25, -0.2) is 0 Å². The Labute approximate surface area is 129 Å². The Balaban J connectivity index is 2.23. The van der Waals surface area contributed by atoms with Gasteiger partial charge in [0.05, 0.1) is 12.2 Å². The number of aliphatic hydroxyl groups is 2. The second-order valence-electron chi connectivity index (χ2n) is 5.82. The van der Waals surface area contributed by atoms with Gasteiger partial charge in [-0.15, -0.1) is 6.58 Å². The lowest BCUT2D eigenvalue weighted by molar-refractivity contribution is 0.151. The first-order valence-electron chi connectivity index (χ1n) is 8.25. The molecule has 0 aliphatic heterocycles. The Bertz CT molecular complexity index is 383. The molecule has 2 nitrogen and oxygen atoms in total. The zero-order valence-electron chi connectivity index (χ0n) is 13.3. The van der Waals surface area contributed by atoms with Crippen LogP contribution in [0.1, 0.15) is 69.1 Å². The fourth-order valence-electron chi connectivity index (χ4n) is 2.48. The van der Waals surface area contributed by atoms with Gasteiger partial charge in [0.25, 0.3) is 0 Å².